The number of nitro groups is 1. The second-order valence-corrected chi connectivity index (χ2v) is 10.1. The summed E-state index contributed by atoms with van der Waals surface area (Å²) in [5.41, 5.74) is 4.15. The standard InChI is InChI=1S/C28H24N2O4/c1-15-13-21(22(30(33)34)14-16(15)2)29-25(31)23-24(26(29)32)28(4)19-11-7-5-9-17(19)27(23,3)18-10-6-8-12-20(18)28/h5-14,23-24H,1-4H3/t23-,24+,27?,28?. The predicted octanol–water partition coefficient (Wildman–Crippen LogP) is 4.96. The van der Waals surface area contributed by atoms with Crippen molar-refractivity contribution in [3.63, 3.8) is 0 Å². The zero-order valence-electron chi connectivity index (χ0n) is 19.5. The molecule has 0 spiro atoms. The monoisotopic (exact) mass is 452 g/mol. The molecule has 3 aliphatic carbocycles. The van der Waals surface area contributed by atoms with Crippen LogP contribution in [0.15, 0.2) is 60.7 Å². The van der Waals surface area contributed by atoms with Crippen LogP contribution in [0.2, 0.25) is 0 Å². The van der Waals surface area contributed by atoms with E-state index in [4.69, 9.17) is 0 Å². The molecule has 2 amide bonds. The van der Waals surface area contributed by atoms with Gasteiger partial charge >= 0.3 is 0 Å². The molecule has 0 radical (unpaired) electrons. The van der Waals surface area contributed by atoms with Gasteiger partial charge in [0.15, 0.2) is 0 Å². The molecule has 170 valence electrons. The van der Waals surface area contributed by atoms with Crippen LogP contribution >= 0.6 is 0 Å². The van der Waals surface area contributed by atoms with Crippen LogP contribution in [0.4, 0.5) is 11.4 Å². The van der Waals surface area contributed by atoms with Crippen molar-refractivity contribution in [3.8, 4) is 0 Å². The molecule has 6 heteroatoms. The van der Waals surface area contributed by atoms with Gasteiger partial charge in [-0.15, -0.1) is 0 Å². The molecule has 1 aliphatic heterocycles. The summed E-state index contributed by atoms with van der Waals surface area (Å²) in [4.78, 5) is 40.9. The molecule has 1 fully saturated rings. The van der Waals surface area contributed by atoms with Gasteiger partial charge in [-0.25, -0.2) is 4.90 Å². The van der Waals surface area contributed by atoms with Crippen LogP contribution in [0.25, 0.3) is 0 Å². The van der Waals surface area contributed by atoms with Crippen LogP contribution in [0.1, 0.15) is 47.2 Å². The van der Waals surface area contributed by atoms with Gasteiger partial charge in [0.2, 0.25) is 11.8 Å². The number of nitro benzene ring substituents is 1. The second kappa shape index (κ2) is 6.41. The Bertz CT molecular complexity index is 1340. The minimum Gasteiger partial charge on any atom is -0.274 e. The quantitative estimate of drug-likeness (QED) is 0.313. The van der Waals surface area contributed by atoms with E-state index in [9.17, 15) is 19.7 Å². The van der Waals surface area contributed by atoms with Crippen LogP contribution in [0.5, 0.6) is 0 Å². The Labute approximate surface area is 197 Å². The van der Waals surface area contributed by atoms with Crippen molar-refractivity contribution in [2.24, 2.45) is 11.8 Å². The summed E-state index contributed by atoms with van der Waals surface area (Å²) in [5.74, 6) is -2.01. The number of carbonyl (C=O) groups is 2. The lowest BCUT2D eigenvalue weighted by molar-refractivity contribution is -0.384. The van der Waals surface area contributed by atoms with Crippen molar-refractivity contribution in [2.75, 3.05) is 4.90 Å². The molecule has 0 aromatic heterocycles. The first-order valence-corrected chi connectivity index (χ1v) is 11.5. The van der Waals surface area contributed by atoms with Gasteiger partial charge in [-0.1, -0.05) is 62.4 Å². The van der Waals surface area contributed by atoms with Gasteiger partial charge in [0.25, 0.3) is 5.69 Å². The summed E-state index contributed by atoms with van der Waals surface area (Å²) >= 11 is 0. The van der Waals surface area contributed by atoms with Crippen molar-refractivity contribution >= 4 is 23.2 Å². The molecule has 3 aromatic rings. The number of aryl methyl sites for hydroxylation is 2. The summed E-state index contributed by atoms with van der Waals surface area (Å²) in [6.07, 6.45) is 0. The highest BCUT2D eigenvalue weighted by Crippen LogP contribution is 2.66. The zero-order valence-corrected chi connectivity index (χ0v) is 19.5. The highest BCUT2D eigenvalue weighted by atomic mass is 16.6. The maximum absolute atomic E-state index is 14.2. The Balaban J connectivity index is 1.65. The average molecular weight is 453 g/mol. The van der Waals surface area contributed by atoms with E-state index in [2.05, 4.69) is 24.3 Å². The van der Waals surface area contributed by atoms with Crippen molar-refractivity contribution in [3.05, 3.63) is 104 Å². The van der Waals surface area contributed by atoms with E-state index in [1.807, 2.05) is 45.0 Å². The highest BCUT2D eigenvalue weighted by Gasteiger charge is 2.71. The first-order chi connectivity index (χ1) is 16.1. The Hall–Kier alpha value is -3.80. The van der Waals surface area contributed by atoms with E-state index in [-0.39, 0.29) is 23.2 Å². The smallest absolute Gasteiger partial charge is 0.274 e. The molecule has 2 atom stereocenters. The Morgan fingerprint density at radius 1 is 0.765 bits per heavy atom. The number of hydrogen-bond donors (Lipinski definition) is 0. The third kappa shape index (κ3) is 2.16. The molecule has 1 saturated heterocycles. The van der Waals surface area contributed by atoms with Crippen molar-refractivity contribution in [2.45, 2.75) is 38.5 Å². The maximum Gasteiger partial charge on any atom is 0.293 e. The summed E-state index contributed by atoms with van der Waals surface area (Å²) < 4.78 is 0. The predicted molar refractivity (Wildman–Crippen MR) is 128 cm³/mol. The van der Waals surface area contributed by atoms with Gasteiger partial charge in [-0.2, -0.15) is 0 Å². The van der Waals surface area contributed by atoms with Crippen LogP contribution in [-0.4, -0.2) is 16.7 Å². The van der Waals surface area contributed by atoms with Crippen LogP contribution in [0.3, 0.4) is 0 Å². The molecular weight excluding hydrogens is 428 g/mol. The molecule has 6 nitrogen and oxygen atoms in total. The van der Waals surface area contributed by atoms with Gasteiger partial charge in [0.1, 0.15) is 5.69 Å². The normalized spacial score (nSPS) is 28.5. The highest BCUT2D eigenvalue weighted by molar-refractivity contribution is 6.25. The van der Waals surface area contributed by atoms with Gasteiger partial charge in [-0.05, 0) is 53.3 Å². The van der Waals surface area contributed by atoms with Crippen molar-refractivity contribution in [1.82, 2.24) is 0 Å². The minimum atomic E-state index is -0.717. The summed E-state index contributed by atoms with van der Waals surface area (Å²) in [6, 6.07) is 19.2. The Kier molecular flexibility index (Phi) is 3.92. The molecule has 7 rings (SSSR count). The molecule has 1 heterocycles. The lowest BCUT2D eigenvalue weighted by Gasteiger charge is -2.57. The topological polar surface area (TPSA) is 80.5 Å². The number of imide groups is 1. The van der Waals surface area contributed by atoms with E-state index in [1.54, 1.807) is 13.0 Å². The molecular formula is C28H24N2O4. The lowest BCUT2D eigenvalue weighted by Crippen LogP contribution is -2.59. The third-order valence-electron chi connectivity index (χ3n) is 8.67. The van der Waals surface area contributed by atoms with Gasteiger partial charge in [-0.3, -0.25) is 19.7 Å². The number of carbonyl (C=O) groups excluding carboxylic acids is 2. The summed E-state index contributed by atoms with van der Waals surface area (Å²) in [6.45, 7) is 7.71. The van der Waals surface area contributed by atoms with Crippen LogP contribution < -0.4 is 4.90 Å². The van der Waals surface area contributed by atoms with Crippen LogP contribution in [-0.2, 0) is 20.4 Å². The molecule has 34 heavy (non-hydrogen) atoms. The molecule has 0 unspecified atom stereocenters. The summed E-state index contributed by atoms with van der Waals surface area (Å²) in [7, 11) is 0. The molecule has 0 saturated carbocycles. The van der Waals surface area contributed by atoms with Crippen molar-refractivity contribution in [1.29, 1.82) is 0 Å². The SMILES string of the molecule is Cc1cc(N2C(=O)[C@@H]3[C@H](C2=O)C2(C)c4ccccc4C3(C)c3ccccc32)c([N+](=O)[O-])cc1C. The van der Waals surface area contributed by atoms with Gasteiger partial charge in [0, 0.05) is 16.9 Å². The largest absolute Gasteiger partial charge is 0.293 e. The first kappa shape index (κ1) is 20.8. The number of anilines is 1. The fourth-order valence-corrected chi connectivity index (χ4v) is 6.92. The second-order valence-electron chi connectivity index (χ2n) is 10.1. The number of rotatable bonds is 2. The molecule has 3 aromatic carbocycles. The number of amides is 2. The van der Waals surface area contributed by atoms with Crippen molar-refractivity contribution < 1.29 is 14.5 Å². The van der Waals surface area contributed by atoms with Gasteiger partial charge in [0.05, 0.1) is 16.8 Å². The molecule has 2 bridgehead atoms. The first-order valence-electron chi connectivity index (χ1n) is 11.5. The fourth-order valence-electron chi connectivity index (χ4n) is 6.92. The number of benzene rings is 3. The number of nitrogens with zero attached hydrogens (tertiary/aromatic N) is 2. The minimum absolute atomic E-state index is 0.0669. The van der Waals surface area contributed by atoms with Crippen LogP contribution in [0, 0.1) is 35.8 Å². The lowest BCUT2D eigenvalue weighted by atomic mass is 9.42. The van der Waals surface area contributed by atoms with E-state index in [0.717, 1.165) is 38.3 Å². The van der Waals surface area contributed by atoms with E-state index in [0.29, 0.717) is 0 Å². The fraction of sp³-hybridized carbons (Fsp3) is 0.286. The van der Waals surface area contributed by atoms with E-state index in [1.165, 1.54) is 6.07 Å². The van der Waals surface area contributed by atoms with Gasteiger partial charge < -0.3 is 0 Å². The molecule has 0 N–H and O–H groups in total. The third-order valence-corrected chi connectivity index (χ3v) is 8.67. The van der Waals surface area contributed by atoms with E-state index >= 15 is 0 Å². The maximum atomic E-state index is 14.2. The zero-order chi connectivity index (χ0) is 24.2. The number of hydrogen-bond acceptors (Lipinski definition) is 4. The van der Waals surface area contributed by atoms with E-state index < -0.39 is 27.6 Å². The summed E-state index contributed by atoms with van der Waals surface area (Å²) in [5, 5.41) is 12.0. The average Bonchev–Trinajstić information content (AvgIpc) is 3.10. The Morgan fingerprint density at radius 2 is 1.15 bits per heavy atom. The molecule has 4 aliphatic rings. The Morgan fingerprint density at radius 3 is 1.53 bits per heavy atom.